The average Bonchev–Trinajstić information content (AvgIpc) is 2.77. The molecule has 130 valence electrons. The molecule has 6 nitrogen and oxygen atoms in total. The number of carbonyl (C=O) groups excluding carboxylic acids is 2. The lowest BCUT2D eigenvalue weighted by molar-refractivity contribution is -0.157. The number of amides is 2. The third-order valence-corrected chi connectivity index (χ3v) is 4.95. The van der Waals surface area contributed by atoms with Gasteiger partial charge in [0.15, 0.2) is 0 Å². The van der Waals surface area contributed by atoms with Crippen molar-refractivity contribution in [3.05, 3.63) is 0 Å². The van der Waals surface area contributed by atoms with Gasteiger partial charge in [-0.3, -0.25) is 14.4 Å². The van der Waals surface area contributed by atoms with Gasteiger partial charge in [-0.05, 0) is 0 Å². The Kier molecular flexibility index (Phi) is 5.43. The van der Waals surface area contributed by atoms with E-state index in [-0.39, 0.29) is 19.4 Å². The molecule has 0 aromatic carbocycles. The van der Waals surface area contributed by atoms with Crippen LogP contribution in [-0.4, -0.2) is 76.0 Å². The van der Waals surface area contributed by atoms with E-state index in [2.05, 4.69) is 0 Å². The Hall–Kier alpha value is -1.45. The first kappa shape index (κ1) is 17.9. The number of hydrogen-bond acceptors (Lipinski definition) is 4. The van der Waals surface area contributed by atoms with Crippen molar-refractivity contribution in [3.8, 4) is 0 Å². The van der Waals surface area contributed by atoms with Crippen LogP contribution in [0.4, 0.5) is 13.2 Å². The van der Waals surface area contributed by atoms with Crippen LogP contribution in [0.1, 0.15) is 12.8 Å². The minimum Gasteiger partial charge on any atom is -0.481 e. The molecular weight excluding hydrogens is 337 g/mol. The third-order valence-electron chi connectivity index (χ3n) is 3.85. The van der Waals surface area contributed by atoms with Gasteiger partial charge in [0.05, 0.1) is 18.4 Å². The third kappa shape index (κ3) is 4.76. The predicted molar refractivity (Wildman–Crippen MR) is 75.8 cm³/mol. The van der Waals surface area contributed by atoms with Gasteiger partial charge in [0, 0.05) is 31.0 Å². The zero-order chi connectivity index (χ0) is 17.2. The molecule has 2 saturated heterocycles. The first-order valence-corrected chi connectivity index (χ1v) is 8.27. The number of likely N-dealkylation sites (tertiary alicyclic amines) is 1. The topological polar surface area (TPSA) is 77.9 Å². The highest BCUT2D eigenvalue weighted by Crippen LogP contribution is 2.28. The van der Waals surface area contributed by atoms with Gasteiger partial charge >= 0.3 is 12.1 Å². The highest BCUT2D eigenvalue weighted by atomic mass is 32.2. The lowest BCUT2D eigenvalue weighted by Crippen LogP contribution is -2.49. The van der Waals surface area contributed by atoms with E-state index in [9.17, 15) is 27.6 Å². The maximum atomic E-state index is 12.5. The van der Waals surface area contributed by atoms with Crippen molar-refractivity contribution >= 4 is 29.5 Å². The number of carboxylic acids is 1. The maximum Gasteiger partial charge on any atom is 0.406 e. The molecule has 0 spiro atoms. The molecule has 0 bridgehead atoms. The van der Waals surface area contributed by atoms with E-state index >= 15 is 0 Å². The van der Waals surface area contributed by atoms with Gasteiger partial charge < -0.3 is 14.9 Å². The number of nitrogens with zero attached hydrogens (tertiary/aromatic N) is 2. The Labute approximate surface area is 135 Å². The molecule has 0 saturated carbocycles. The zero-order valence-electron chi connectivity index (χ0n) is 12.2. The molecule has 0 aliphatic carbocycles. The van der Waals surface area contributed by atoms with Crippen molar-refractivity contribution in [1.29, 1.82) is 0 Å². The number of thioether (sulfide) groups is 1. The molecule has 10 heteroatoms. The van der Waals surface area contributed by atoms with Crippen molar-refractivity contribution in [2.45, 2.75) is 25.1 Å². The Morgan fingerprint density at radius 2 is 2.04 bits per heavy atom. The second-order valence-electron chi connectivity index (χ2n) is 5.65. The van der Waals surface area contributed by atoms with Gasteiger partial charge in [-0.15, -0.1) is 0 Å². The van der Waals surface area contributed by atoms with Crippen molar-refractivity contribution in [3.63, 3.8) is 0 Å². The molecule has 2 fully saturated rings. The molecule has 2 heterocycles. The molecular formula is C13H17F3N2O4S. The van der Waals surface area contributed by atoms with Crippen molar-refractivity contribution < 1.29 is 32.7 Å². The summed E-state index contributed by atoms with van der Waals surface area (Å²) in [5, 5.41) is 8.91. The van der Waals surface area contributed by atoms with E-state index in [1.54, 1.807) is 0 Å². The molecule has 23 heavy (non-hydrogen) atoms. The summed E-state index contributed by atoms with van der Waals surface area (Å²) in [7, 11) is 0. The van der Waals surface area contributed by atoms with E-state index in [4.69, 9.17) is 5.11 Å². The van der Waals surface area contributed by atoms with Crippen molar-refractivity contribution in [1.82, 2.24) is 9.80 Å². The Balaban J connectivity index is 2.02. The van der Waals surface area contributed by atoms with Crippen LogP contribution in [0.25, 0.3) is 0 Å². The number of halogens is 3. The van der Waals surface area contributed by atoms with Crippen LogP contribution in [-0.2, 0) is 14.4 Å². The molecule has 2 aliphatic rings. The highest BCUT2D eigenvalue weighted by Gasteiger charge is 2.43. The molecule has 0 radical (unpaired) electrons. The minimum atomic E-state index is -4.50. The standard InChI is InChI=1S/C13H17F3N2O4S/c14-13(15,16)7-17-5-8(3-10(17)19)12(22)18-1-2-23-6-9(18)4-11(20)21/h8-9H,1-7H2,(H,20,21). The molecule has 2 aliphatic heterocycles. The van der Waals surface area contributed by atoms with Gasteiger partial charge in [-0.25, -0.2) is 0 Å². The van der Waals surface area contributed by atoms with Gasteiger partial charge in [0.25, 0.3) is 0 Å². The van der Waals surface area contributed by atoms with Crippen LogP contribution >= 0.6 is 11.8 Å². The zero-order valence-corrected chi connectivity index (χ0v) is 13.0. The summed E-state index contributed by atoms with van der Waals surface area (Å²) < 4.78 is 37.2. The number of aliphatic carboxylic acids is 1. The van der Waals surface area contributed by atoms with Crippen molar-refractivity contribution in [2.24, 2.45) is 5.92 Å². The van der Waals surface area contributed by atoms with E-state index in [0.717, 1.165) is 0 Å². The van der Waals surface area contributed by atoms with Gasteiger partial charge in [-0.1, -0.05) is 0 Å². The molecule has 2 unspecified atom stereocenters. The van der Waals surface area contributed by atoms with Gasteiger partial charge in [0.2, 0.25) is 11.8 Å². The lowest BCUT2D eigenvalue weighted by atomic mass is 10.0. The van der Waals surface area contributed by atoms with Crippen LogP contribution in [0.2, 0.25) is 0 Å². The van der Waals surface area contributed by atoms with Crippen LogP contribution in [0, 0.1) is 5.92 Å². The van der Waals surface area contributed by atoms with Crippen molar-refractivity contribution in [2.75, 3.05) is 31.1 Å². The molecule has 0 aromatic rings. The Bertz CT molecular complexity index is 500. The molecule has 1 N–H and O–H groups in total. The summed E-state index contributed by atoms with van der Waals surface area (Å²) in [5.41, 5.74) is 0. The van der Waals surface area contributed by atoms with E-state index < -0.39 is 42.5 Å². The van der Waals surface area contributed by atoms with E-state index in [0.29, 0.717) is 23.0 Å². The fourth-order valence-electron chi connectivity index (χ4n) is 2.86. The van der Waals surface area contributed by atoms with Crippen LogP contribution in [0.3, 0.4) is 0 Å². The van der Waals surface area contributed by atoms with Crippen LogP contribution in [0.5, 0.6) is 0 Å². The molecule has 0 aromatic heterocycles. The predicted octanol–water partition coefficient (Wildman–Crippen LogP) is 0.816. The van der Waals surface area contributed by atoms with Crippen LogP contribution in [0.15, 0.2) is 0 Å². The monoisotopic (exact) mass is 354 g/mol. The average molecular weight is 354 g/mol. The van der Waals surface area contributed by atoms with Gasteiger partial charge in [0.1, 0.15) is 6.54 Å². The number of rotatable bonds is 4. The minimum absolute atomic E-state index is 0.203. The fraction of sp³-hybridized carbons (Fsp3) is 0.769. The molecule has 2 rings (SSSR count). The second kappa shape index (κ2) is 6.98. The summed E-state index contributed by atoms with van der Waals surface area (Å²) in [6.45, 7) is -1.27. The highest BCUT2D eigenvalue weighted by molar-refractivity contribution is 7.99. The number of alkyl halides is 3. The molecule has 2 amide bonds. The first-order valence-electron chi connectivity index (χ1n) is 7.12. The summed E-state index contributed by atoms with van der Waals surface area (Å²) in [6, 6.07) is -0.481. The summed E-state index contributed by atoms with van der Waals surface area (Å²) in [4.78, 5) is 37.1. The molecule has 2 atom stereocenters. The van der Waals surface area contributed by atoms with Gasteiger partial charge in [-0.2, -0.15) is 24.9 Å². The maximum absolute atomic E-state index is 12.5. The van der Waals surface area contributed by atoms with E-state index in [1.165, 1.54) is 16.7 Å². The number of carbonyl (C=O) groups is 3. The number of hydrogen-bond donors (Lipinski definition) is 1. The normalized spacial score (nSPS) is 25.8. The smallest absolute Gasteiger partial charge is 0.406 e. The SMILES string of the molecule is O=C(O)CC1CSCCN1C(=O)C1CC(=O)N(CC(F)(F)F)C1. The fourth-order valence-corrected chi connectivity index (χ4v) is 3.92. The summed E-state index contributed by atoms with van der Waals surface area (Å²) >= 11 is 1.53. The summed E-state index contributed by atoms with van der Waals surface area (Å²) in [5.74, 6) is -1.85. The first-order chi connectivity index (χ1) is 10.7. The quantitative estimate of drug-likeness (QED) is 0.809. The van der Waals surface area contributed by atoms with Crippen LogP contribution < -0.4 is 0 Å². The summed E-state index contributed by atoms with van der Waals surface area (Å²) in [6.07, 6.45) is -4.95. The van der Waals surface area contributed by atoms with E-state index in [1.807, 2.05) is 0 Å². The Morgan fingerprint density at radius 3 is 2.65 bits per heavy atom. The second-order valence-corrected chi connectivity index (χ2v) is 6.80. The number of carboxylic acid groups (broad SMARTS) is 1. The lowest BCUT2D eigenvalue weighted by Gasteiger charge is -2.36. The Morgan fingerprint density at radius 1 is 1.35 bits per heavy atom. The largest absolute Gasteiger partial charge is 0.481 e.